The summed E-state index contributed by atoms with van der Waals surface area (Å²) in [7, 11) is 0. The lowest BCUT2D eigenvalue weighted by atomic mass is 9.85. The van der Waals surface area contributed by atoms with Crippen LogP contribution in [0.1, 0.15) is 51.3 Å². The van der Waals surface area contributed by atoms with Gasteiger partial charge in [-0.1, -0.05) is 46.8 Å². The molecule has 7 heteroatoms. The molecule has 0 fully saturated rings. The SMILES string of the molecule is CC.CC(C)(C)c1cccc(C=N)c1OCc1c(F)c(F)c(F)c(F)c1F. The van der Waals surface area contributed by atoms with Gasteiger partial charge in [0, 0.05) is 17.3 Å². The Labute approximate surface area is 155 Å². The molecular formula is C20H22F5NO. The summed E-state index contributed by atoms with van der Waals surface area (Å²) >= 11 is 0. The molecule has 2 aromatic carbocycles. The minimum atomic E-state index is -2.21. The minimum absolute atomic E-state index is 0.161. The fourth-order valence-electron chi connectivity index (χ4n) is 2.34. The van der Waals surface area contributed by atoms with E-state index in [2.05, 4.69) is 0 Å². The van der Waals surface area contributed by atoms with Gasteiger partial charge in [-0.2, -0.15) is 0 Å². The van der Waals surface area contributed by atoms with Crippen molar-refractivity contribution in [3.8, 4) is 5.75 Å². The second kappa shape index (κ2) is 8.97. The molecule has 0 aliphatic carbocycles. The van der Waals surface area contributed by atoms with Crippen molar-refractivity contribution in [2.75, 3.05) is 0 Å². The Bertz CT molecular complexity index is 799. The highest BCUT2D eigenvalue weighted by atomic mass is 19.2. The lowest BCUT2D eigenvalue weighted by Gasteiger charge is -2.24. The summed E-state index contributed by atoms with van der Waals surface area (Å²) in [4.78, 5) is 0. The fraction of sp³-hybridized carbons (Fsp3) is 0.350. The lowest BCUT2D eigenvalue weighted by Crippen LogP contribution is -2.16. The van der Waals surface area contributed by atoms with Gasteiger partial charge in [-0.05, 0) is 11.5 Å². The molecule has 0 saturated carbocycles. The van der Waals surface area contributed by atoms with Crippen LogP contribution in [0, 0.1) is 34.5 Å². The first-order valence-electron chi connectivity index (χ1n) is 8.36. The third-order valence-corrected chi connectivity index (χ3v) is 3.67. The third kappa shape index (κ3) is 4.64. The summed E-state index contributed by atoms with van der Waals surface area (Å²) in [6, 6.07) is 4.95. The molecule has 27 heavy (non-hydrogen) atoms. The average Bonchev–Trinajstić information content (AvgIpc) is 2.65. The Hall–Kier alpha value is -2.44. The van der Waals surface area contributed by atoms with Crippen molar-refractivity contribution in [1.82, 2.24) is 0 Å². The van der Waals surface area contributed by atoms with Crippen LogP contribution in [0.3, 0.4) is 0 Å². The summed E-state index contributed by atoms with van der Waals surface area (Å²) in [6.07, 6.45) is 0.989. The molecule has 0 unspecified atom stereocenters. The van der Waals surface area contributed by atoms with Crippen molar-refractivity contribution in [3.63, 3.8) is 0 Å². The molecule has 0 saturated heterocycles. The highest BCUT2D eigenvalue weighted by Gasteiger charge is 2.27. The molecule has 0 spiro atoms. The Morgan fingerprint density at radius 3 is 1.81 bits per heavy atom. The fourth-order valence-corrected chi connectivity index (χ4v) is 2.34. The Morgan fingerprint density at radius 2 is 1.37 bits per heavy atom. The topological polar surface area (TPSA) is 33.1 Å². The van der Waals surface area contributed by atoms with Crippen molar-refractivity contribution in [3.05, 3.63) is 64.0 Å². The molecule has 0 atom stereocenters. The first-order chi connectivity index (χ1) is 12.6. The number of ether oxygens (including phenoxy) is 1. The zero-order chi connectivity index (χ0) is 20.9. The van der Waals surface area contributed by atoms with Gasteiger partial charge in [0.1, 0.15) is 12.4 Å². The van der Waals surface area contributed by atoms with Crippen molar-refractivity contribution >= 4 is 6.21 Å². The van der Waals surface area contributed by atoms with Crippen LogP contribution in [0.2, 0.25) is 0 Å². The van der Waals surface area contributed by atoms with E-state index in [-0.39, 0.29) is 5.75 Å². The predicted molar refractivity (Wildman–Crippen MR) is 94.9 cm³/mol. The van der Waals surface area contributed by atoms with E-state index < -0.39 is 46.7 Å². The van der Waals surface area contributed by atoms with Crippen LogP contribution >= 0.6 is 0 Å². The van der Waals surface area contributed by atoms with Gasteiger partial charge >= 0.3 is 0 Å². The summed E-state index contributed by atoms with van der Waals surface area (Å²) < 4.78 is 72.6. The van der Waals surface area contributed by atoms with Gasteiger partial charge in [-0.25, -0.2) is 22.0 Å². The van der Waals surface area contributed by atoms with Crippen LogP contribution in [-0.2, 0) is 12.0 Å². The second-order valence-corrected chi connectivity index (χ2v) is 6.46. The van der Waals surface area contributed by atoms with Crippen LogP contribution in [-0.4, -0.2) is 6.21 Å². The number of hydrogen-bond donors (Lipinski definition) is 1. The molecule has 0 heterocycles. The number of hydrogen-bond acceptors (Lipinski definition) is 2. The maximum absolute atomic E-state index is 13.8. The minimum Gasteiger partial charge on any atom is -0.488 e. The van der Waals surface area contributed by atoms with Gasteiger partial charge < -0.3 is 10.1 Å². The Kier molecular flexibility index (Phi) is 7.51. The van der Waals surface area contributed by atoms with E-state index >= 15 is 0 Å². The number of rotatable bonds is 4. The number of benzene rings is 2. The van der Waals surface area contributed by atoms with Crippen molar-refractivity contribution in [2.24, 2.45) is 0 Å². The molecular weight excluding hydrogens is 365 g/mol. The molecule has 0 amide bonds. The standard InChI is InChI=1S/C18H16F5NO.C2H6/c1-18(2,3)11-6-4-5-9(7-24)17(11)25-8-10-12(19)14(21)16(23)15(22)13(10)20;1-2/h4-7,24H,8H2,1-3H3;1-2H3. The first-order valence-corrected chi connectivity index (χ1v) is 8.36. The molecule has 0 aliphatic heterocycles. The highest BCUT2D eigenvalue weighted by molar-refractivity contribution is 5.82. The van der Waals surface area contributed by atoms with Crippen molar-refractivity contribution in [1.29, 1.82) is 5.41 Å². The smallest absolute Gasteiger partial charge is 0.200 e. The van der Waals surface area contributed by atoms with E-state index in [1.165, 1.54) is 0 Å². The quantitative estimate of drug-likeness (QED) is 0.285. The monoisotopic (exact) mass is 387 g/mol. The van der Waals surface area contributed by atoms with Gasteiger partial charge in [0.2, 0.25) is 5.82 Å². The number of halogens is 5. The first kappa shape index (κ1) is 22.6. The maximum atomic E-state index is 13.8. The van der Waals surface area contributed by atoms with Gasteiger partial charge in [0.25, 0.3) is 0 Å². The Balaban J connectivity index is 0.00000176. The zero-order valence-corrected chi connectivity index (χ0v) is 15.8. The summed E-state index contributed by atoms with van der Waals surface area (Å²) in [6.45, 7) is 8.73. The molecule has 0 aliphatic rings. The van der Waals surface area contributed by atoms with Gasteiger partial charge in [0.05, 0.1) is 5.56 Å². The van der Waals surface area contributed by atoms with Crippen LogP contribution < -0.4 is 4.74 Å². The summed E-state index contributed by atoms with van der Waals surface area (Å²) in [5.74, 6) is -9.95. The molecule has 2 rings (SSSR count). The molecule has 0 bridgehead atoms. The predicted octanol–water partition coefficient (Wildman–Crippen LogP) is 6.28. The van der Waals surface area contributed by atoms with E-state index in [1.54, 1.807) is 18.2 Å². The summed E-state index contributed by atoms with van der Waals surface area (Å²) in [5, 5.41) is 7.43. The summed E-state index contributed by atoms with van der Waals surface area (Å²) in [5.41, 5.74) is -0.519. The van der Waals surface area contributed by atoms with E-state index in [0.717, 1.165) is 6.21 Å². The van der Waals surface area contributed by atoms with Crippen LogP contribution in [0.15, 0.2) is 18.2 Å². The highest BCUT2D eigenvalue weighted by Crippen LogP contribution is 2.34. The third-order valence-electron chi connectivity index (χ3n) is 3.67. The molecule has 0 radical (unpaired) electrons. The van der Waals surface area contributed by atoms with Crippen LogP contribution in [0.25, 0.3) is 0 Å². The maximum Gasteiger partial charge on any atom is 0.200 e. The number of nitrogens with one attached hydrogen (secondary N) is 1. The zero-order valence-electron chi connectivity index (χ0n) is 15.8. The lowest BCUT2D eigenvalue weighted by molar-refractivity contribution is 0.273. The van der Waals surface area contributed by atoms with E-state index in [4.69, 9.17) is 10.1 Å². The van der Waals surface area contributed by atoms with Crippen molar-refractivity contribution in [2.45, 2.75) is 46.6 Å². The second-order valence-electron chi connectivity index (χ2n) is 6.46. The molecule has 0 aromatic heterocycles. The molecule has 2 aromatic rings. The molecule has 2 nitrogen and oxygen atoms in total. The van der Waals surface area contributed by atoms with Crippen molar-refractivity contribution < 1.29 is 26.7 Å². The average molecular weight is 387 g/mol. The van der Waals surface area contributed by atoms with Crippen LogP contribution in [0.4, 0.5) is 22.0 Å². The molecule has 1 N–H and O–H groups in total. The van der Waals surface area contributed by atoms with Crippen LogP contribution in [0.5, 0.6) is 5.75 Å². The van der Waals surface area contributed by atoms with Gasteiger partial charge in [-0.3, -0.25) is 0 Å². The van der Waals surface area contributed by atoms with Gasteiger partial charge in [-0.15, -0.1) is 0 Å². The number of para-hydroxylation sites is 1. The van der Waals surface area contributed by atoms with Gasteiger partial charge in [0.15, 0.2) is 23.3 Å². The van der Waals surface area contributed by atoms with E-state index in [9.17, 15) is 22.0 Å². The largest absolute Gasteiger partial charge is 0.488 e. The van der Waals surface area contributed by atoms with E-state index in [0.29, 0.717) is 11.1 Å². The Morgan fingerprint density at radius 1 is 0.889 bits per heavy atom. The normalized spacial score (nSPS) is 10.9. The van der Waals surface area contributed by atoms with E-state index in [1.807, 2.05) is 34.6 Å². The molecule has 148 valence electrons.